The van der Waals surface area contributed by atoms with Crippen LogP contribution in [0.5, 0.6) is 0 Å². The Kier molecular flexibility index (Phi) is 5.88. The average molecular weight is 513 g/mol. The third-order valence-corrected chi connectivity index (χ3v) is 6.30. The number of carbonyl (C=O) groups excluding carboxylic acids is 2. The molecule has 0 aliphatic carbocycles. The molecule has 192 valence electrons. The summed E-state index contributed by atoms with van der Waals surface area (Å²) in [5.41, 5.74) is 4.86. The van der Waals surface area contributed by atoms with Gasteiger partial charge in [-0.2, -0.15) is 5.10 Å². The van der Waals surface area contributed by atoms with E-state index >= 15 is 0 Å². The molecule has 38 heavy (non-hydrogen) atoms. The van der Waals surface area contributed by atoms with Gasteiger partial charge < -0.3 is 24.8 Å². The summed E-state index contributed by atoms with van der Waals surface area (Å²) in [7, 11) is 3.33. The minimum atomic E-state index is -0.250. The third kappa shape index (κ3) is 4.28. The van der Waals surface area contributed by atoms with E-state index in [4.69, 9.17) is 9.72 Å². The smallest absolute Gasteiger partial charge is 0.321 e. The summed E-state index contributed by atoms with van der Waals surface area (Å²) in [5.74, 6) is 0.382. The van der Waals surface area contributed by atoms with Crippen LogP contribution in [-0.2, 0) is 4.74 Å². The van der Waals surface area contributed by atoms with E-state index in [2.05, 4.69) is 35.5 Å². The monoisotopic (exact) mass is 512 g/mol. The van der Waals surface area contributed by atoms with E-state index in [9.17, 15) is 9.59 Å². The highest BCUT2D eigenvalue weighted by Crippen LogP contribution is 2.30. The van der Waals surface area contributed by atoms with Crippen LogP contribution in [0.2, 0.25) is 0 Å². The molecule has 0 spiro atoms. The van der Waals surface area contributed by atoms with Crippen molar-refractivity contribution in [3.63, 3.8) is 0 Å². The van der Waals surface area contributed by atoms with Crippen molar-refractivity contribution in [3.8, 4) is 22.6 Å². The lowest BCUT2D eigenvalue weighted by molar-refractivity contribution is 0.0304. The molecule has 1 aliphatic heterocycles. The lowest BCUT2D eigenvalue weighted by Crippen LogP contribution is -2.40. The van der Waals surface area contributed by atoms with Crippen LogP contribution in [0.3, 0.4) is 0 Å². The predicted molar refractivity (Wildman–Crippen MR) is 139 cm³/mol. The third-order valence-electron chi connectivity index (χ3n) is 6.30. The van der Waals surface area contributed by atoms with E-state index in [1.165, 1.54) is 4.90 Å². The zero-order valence-electron chi connectivity index (χ0n) is 20.7. The maximum absolute atomic E-state index is 13.2. The predicted octanol–water partition coefficient (Wildman–Crippen LogP) is 2.52. The van der Waals surface area contributed by atoms with Crippen LogP contribution in [-0.4, -0.2) is 97.3 Å². The van der Waals surface area contributed by atoms with Gasteiger partial charge in [0.15, 0.2) is 11.5 Å². The van der Waals surface area contributed by atoms with Crippen molar-refractivity contribution < 1.29 is 14.3 Å². The molecular weight excluding hydrogens is 488 g/mol. The summed E-state index contributed by atoms with van der Waals surface area (Å²) in [5, 5.41) is 10.9. The number of aromatic amines is 2. The number of amides is 3. The minimum Gasteiger partial charge on any atom is -0.378 e. The summed E-state index contributed by atoms with van der Waals surface area (Å²) in [6.45, 7) is 2.08. The Morgan fingerprint density at radius 1 is 1.03 bits per heavy atom. The number of ether oxygens (including phenoxy) is 1. The van der Waals surface area contributed by atoms with Gasteiger partial charge in [-0.15, -0.1) is 0 Å². The van der Waals surface area contributed by atoms with Crippen LogP contribution >= 0.6 is 0 Å². The summed E-state index contributed by atoms with van der Waals surface area (Å²) >= 11 is 0. The number of morpholine rings is 1. The van der Waals surface area contributed by atoms with Crippen molar-refractivity contribution in [2.45, 2.75) is 0 Å². The van der Waals surface area contributed by atoms with Crippen molar-refractivity contribution >= 4 is 39.7 Å². The number of hydrogen-bond acceptors (Lipinski definition) is 8. The fourth-order valence-electron chi connectivity index (χ4n) is 4.28. The Hall–Kier alpha value is -4.91. The number of hydrogen-bond donors (Lipinski definition) is 3. The normalized spacial score (nSPS) is 13.7. The average Bonchev–Trinajstić information content (AvgIpc) is 3.57. The molecule has 0 unspecified atom stereocenters. The summed E-state index contributed by atoms with van der Waals surface area (Å²) in [6.07, 6.45) is 8.17. The topological polar surface area (TPSA) is 158 Å². The van der Waals surface area contributed by atoms with Gasteiger partial charge in [-0.05, 0) is 12.1 Å². The molecule has 5 aromatic rings. The van der Waals surface area contributed by atoms with Crippen molar-refractivity contribution in [2.75, 3.05) is 45.7 Å². The first kappa shape index (κ1) is 23.5. The van der Waals surface area contributed by atoms with Crippen LogP contribution in [0.4, 0.5) is 10.5 Å². The van der Waals surface area contributed by atoms with Gasteiger partial charge in [-0.3, -0.25) is 19.9 Å². The molecular formula is C25H24N10O3. The highest BCUT2D eigenvalue weighted by Gasteiger charge is 2.23. The number of urea groups is 1. The molecule has 1 saturated heterocycles. The molecule has 5 aromatic heterocycles. The highest BCUT2D eigenvalue weighted by molar-refractivity contribution is 6.05. The maximum Gasteiger partial charge on any atom is 0.321 e. The zero-order chi connectivity index (χ0) is 26.2. The van der Waals surface area contributed by atoms with Crippen molar-refractivity contribution in [1.82, 2.24) is 44.9 Å². The summed E-state index contributed by atoms with van der Waals surface area (Å²) < 4.78 is 5.37. The Balaban J connectivity index is 1.36. The molecule has 0 aromatic carbocycles. The lowest BCUT2D eigenvalue weighted by atomic mass is 10.1. The molecule has 1 aliphatic rings. The zero-order valence-corrected chi connectivity index (χ0v) is 20.7. The van der Waals surface area contributed by atoms with Crippen LogP contribution in [0, 0.1) is 0 Å². The van der Waals surface area contributed by atoms with E-state index < -0.39 is 0 Å². The van der Waals surface area contributed by atoms with Crippen molar-refractivity contribution in [1.29, 1.82) is 0 Å². The molecule has 1 fully saturated rings. The number of fused-ring (bicyclic) bond motifs is 2. The molecule has 13 nitrogen and oxygen atoms in total. The van der Waals surface area contributed by atoms with Crippen LogP contribution in [0.1, 0.15) is 10.4 Å². The molecule has 3 N–H and O–H groups in total. The first-order valence-corrected chi connectivity index (χ1v) is 12.0. The standard InChI is InChI=1S/C25H24N10O3/c1-34(2)25(37)29-16-7-14(9-26-11-16)15-8-17-21(32-33-22(17)28-10-15)23-30-19-13-27-12-18(20(19)31-23)24(36)35-3-5-38-6-4-35/h7-13H,3-6H2,1-2H3,(H,29,37)(H,30,31)(H,28,32,33). The SMILES string of the molecule is CN(C)C(=O)Nc1cncc(-c2cnc3n[nH]c(-c4nc5c(C(=O)N6CCOCC6)cncc5[nH]4)c3c2)c1. The first-order chi connectivity index (χ1) is 18.5. The van der Waals surface area contributed by atoms with Gasteiger partial charge in [0.05, 0.1) is 47.8 Å². The number of aromatic nitrogens is 7. The quantitative estimate of drug-likeness (QED) is 0.331. The second kappa shape index (κ2) is 9.52. The van der Waals surface area contributed by atoms with Gasteiger partial charge in [0, 0.05) is 56.9 Å². The Labute approximate surface area is 216 Å². The molecule has 6 heterocycles. The van der Waals surface area contributed by atoms with E-state index in [1.54, 1.807) is 50.0 Å². The number of nitrogens with one attached hydrogen (secondary N) is 3. The molecule has 13 heteroatoms. The molecule has 0 bridgehead atoms. The Bertz CT molecular complexity index is 1670. The number of imidazole rings is 1. The number of nitrogens with zero attached hydrogens (tertiary/aromatic N) is 7. The molecule has 0 saturated carbocycles. The number of H-pyrrole nitrogens is 2. The number of anilines is 1. The minimum absolute atomic E-state index is 0.128. The second-order valence-corrected chi connectivity index (χ2v) is 9.05. The van der Waals surface area contributed by atoms with Gasteiger partial charge in [-0.1, -0.05) is 0 Å². The molecule has 6 rings (SSSR count). The lowest BCUT2D eigenvalue weighted by Gasteiger charge is -2.26. The Morgan fingerprint density at radius 2 is 1.82 bits per heavy atom. The van der Waals surface area contributed by atoms with Gasteiger partial charge in [-0.25, -0.2) is 14.8 Å². The molecule has 0 radical (unpaired) electrons. The van der Waals surface area contributed by atoms with Crippen molar-refractivity contribution in [2.24, 2.45) is 0 Å². The van der Waals surface area contributed by atoms with E-state index in [1.807, 2.05) is 12.1 Å². The van der Waals surface area contributed by atoms with Gasteiger partial charge in [0.1, 0.15) is 11.2 Å². The van der Waals surface area contributed by atoms with E-state index in [0.717, 1.165) is 16.5 Å². The number of rotatable bonds is 4. The molecule has 0 atom stereocenters. The van der Waals surface area contributed by atoms with Crippen LogP contribution < -0.4 is 5.32 Å². The molecule has 3 amide bonds. The van der Waals surface area contributed by atoms with Gasteiger partial charge >= 0.3 is 6.03 Å². The highest BCUT2D eigenvalue weighted by atomic mass is 16.5. The second-order valence-electron chi connectivity index (χ2n) is 9.05. The summed E-state index contributed by atoms with van der Waals surface area (Å²) in [6, 6.07) is 3.51. The fraction of sp³-hybridized carbons (Fsp3) is 0.240. The maximum atomic E-state index is 13.2. The van der Waals surface area contributed by atoms with Crippen molar-refractivity contribution in [3.05, 3.63) is 48.7 Å². The Morgan fingerprint density at radius 3 is 2.63 bits per heavy atom. The fourth-order valence-corrected chi connectivity index (χ4v) is 4.28. The number of carbonyl (C=O) groups is 2. The largest absolute Gasteiger partial charge is 0.378 e. The first-order valence-electron chi connectivity index (χ1n) is 12.0. The number of pyridine rings is 3. The van der Waals surface area contributed by atoms with Crippen LogP contribution in [0.15, 0.2) is 43.1 Å². The van der Waals surface area contributed by atoms with E-state index in [0.29, 0.717) is 65.8 Å². The van der Waals surface area contributed by atoms with Crippen LogP contribution in [0.25, 0.3) is 44.7 Å². The van der Waals surface area contributed by atoms with Gasteiger partial charge in [0.25, 0.3) is 5.91 Å². The van der Waals surface area contributed by atoms with E-state index in [-0.39, 0.29) is 11.9 Å². The summed E-state index contributed by atoms with van der Waals surface area (Å²) in [4.78, 5) is 49.4. The van der Waals surface area contributed by atoms with Gasteiger partial charge in [0.2, 0.25) is 0 Å².